The lowest BCUT2D eigenvalue weighted by Crippen LogP contribution is -2.14. The first-order valence-electron chi connectivity index (χ1n) is 4.36. The van der Waals surface area contributed by atoms with Crippen LogP contribution in [0.15, 0.2) is 26.4 Å². The Kier molecular flexibility index (Phi) is 3.48. The summed E-state index contributed by atoms with van der Waals surface area (Å²) in [6, 6.07) is 0.752. The number of rotatable bonds is 3. The van der Waals surface area contributed by atoms with E-state index in [0.717, 1.165) is 18.6 Å². The lowest BCUT2D eigenvalue weighted by atomic mass is 10.3. The Bertz CT molecular complexity index is 554. The minimum absolute atomic E-state index is 0.0984. The van der Waals surface area contributed by atoms with Gasteiger partial charge in [0.1, 0.15) is 11.8 Å². The zero-order chi connectivity index (χ0) is 12.3. The van der Waals surface area contributed by atoms with E-state index < -0.39 is 21.4 Å². The second-order valence-corrected chi connectivity index (χ2v) is 4.95. The van der Waals surface area contributed by atoms with Crippen molar-refractivity contribution in [2.24, 2.45) is 0 Å². The summed E-state index contributed by atoms with van der Waals surface area (Å²) < 4.78 is 31.7. The van der Waals surface area contributed by atoms with Crippen molar-refractivity contribution < 1.29 is 22.4 Å². The van der Waals surface area contributed by atoms with Gasteiger partial charge in [-0.25, -0.2) is 18.0 Å². The van der Waals surface area contributed by atoms with Gasteiger partial charge in [0, 0.05) is 12.3 Å². The molecule has 0 saturated heterocycles. The summed E-state index contributed by atoms with van der Waals surface area (Å²) in [5.74, 6) is -0.841. The highest BCUT2D eigenvalue weighted by Gasteiger charge is 2.21. The molecule has 1 aromatic rings. The van der Waals surface area contributed by atoms with Gasteiger partial charge in [0.25, 0.3) is 0 Å². The van der Waals surface area contributed by atoms with Crippen molar-refractivity contribution in [3.05, 3.63) is 28.3 Å². The number of ether oxygens (including phenoxy) is 1. The molecule has 0 atom stereocenters. The van der Waals surface area contributed by atoms with Gasteiger partial charge < -0.3 is 9.15 Å². The monoisotopic (exact) mass is 246 g/mol. The molecule has 0 aromatic carbocycles. The van der Waals surface area contributed by atoms with Gasteiger partial charge in [-0.1, -0.05) is 0 Å². The predicted molar refractivity (Wildman–Crippen MR) is 54.0 cm³/mol. The molecule has 0 saturated carbocycles. The van der Waals surface area contributed by atoms with E-state index in [9.17, 15) is 18.0 Å². The SMILES string of the molecule is CCOC(=O)c1coc(=O)cc1S(C)(=O)=O. The molecule has 0 aliphatic carbocycles. The van der Waals surface area contributed by atoms with E-state index in [4.69, 9.17) is 0 Å². The van der Waals surface area contributed by atoms with E-state index in [2.05, 4.69) is 9.15 Å². The Morgan fingerprint density at radius 1 is 1.50 bits per heavy atom. The van der Waals surface area contributed by atoms with Crippen molar-refractivity contribution in [1.82, 2.24) is 0 Å². The fourth-order valence-electron chi connectivity index (χ4n) is 1.06. The van der Waals surface area contributed by atoms with E-state index >= 15 is 0 Å². The molecule has 0 fully saturated rings. The molecule has 7 heteroatoms. The second kappa shape index (κ2) is 4.48. The van der Waals surface area contributed by atoms with Crippen LogP contribution in [-0.4, -0.2) is 27.2 Å². The standard InChI is InChI=1S/C9H10O6S/c1-3-14-9(11)6-5-15-8(10)4-7(6)16(2,12)13/h4-5H,3H2,1-2H3. The molecule has 0 radical (unpaired) electrons. The van der Waals surface area contributed by atoms with E-state index in [0.29, 0.717) is 0 Å². The summed E-state index contributed by atoms with van der Waals surface area (Å²) in [6.07, 6.45) is 1.68. The van der Waals surface area contributed by atoms with Gasteiger partial charge in [0.15, 0.2) is 9.84 Å². The van der Waals surface area contributed by atoms with Gasteiger partial charge in [-0.05, 0) is 6.92 Å². The van der Waals surface area contributed by atoms with Crippen molar-refractivity contribution in [2.45, 2.75) is 11.8 Å². The quantitative estimate of drug-likeness (QED) is 0.708. The molecule has 0 unspecified atom stereocenters. The van der Waals surface area contributed by atoms with Gasteiger partial charge in [0.05, 0.1) is 11.5 Å². The number of carbonyl (C=O) groups excluding carboxylic acids is 1. The molecular weight excluding hydrogens is 236 g/mol. The van der Waals surface area contributed by atoms with Crippen LogP contribution in [0, 0.1) is 0 Å². The Labute approximate surface area is 91.8 Å². The van der Waals surface area contributed by atoms with E-state index in [-0.39, 0.29) is 17.1 Å². The van der Waals surface area contributed by atoms with Gasteiger partial charge in [0.2, 0.25) is 0 Å². The average molecular weight is 246 g/mol. The molecule has 0 aliphatic heterocycles. The molecular formula is C9H10O6S. The summed E-state index contributed by atoms with van der Waals surface area (Å²) in [5.41, 5.74) is -1.11. The zero-order valence-corrected chi connectivity index (χ0v) is 9.54. The van der Waals surface area contributed by atoms with Gasteiger partial charge in [-0.15, -0.1) is 0 Å². The highest BCUT2D eigenvalue weighted by Crippen LogP contribution is 2.14. The normalized spacial score (nSPS) is 11.1. The third-order valence-electron chi connectivity index (χ3n) is 1.70. The Morgan fingerprint density at radius 3 is 2.62 bits per heavy atom. The number of carbonyl (C=O) groups is 1. The van der Waals surface area contributed by atoms with Gasteiger partial charge in [-0.2, -0.15) is 0 Å². The van der Waals surface area contributed by atoms with E-state index in [1.165, 1.54) is 0 Å². The molecule has 0 spiro atoms. The molecule has 1 aromatic heterocycles. The largest absolute Gasteiger partial charge is 0.462 e. The second-order valence-electron chi connectivity index (χ2n) is 2.97. The van der Waals surface area contributed by atoms with E-state index in [1.54, 1.807) is 6.92 Å². The van der Waals surface area contributed by atoms with Crippen molar-refractivity contribution in [2.75, 3.05) is 12.9 Å². The Hall–Kier alpha value is -1.63. The number of hydrogen-bond acceptors (Lipinski definition) is 6. The lowest BCUT2D eigenvalue weighted by Gasteiger charge is -2.05. The third-order valence-corrected chi connectivity index (χ3v) is 2.84. The average Bonchev–Trinajstić information content (AvgIpc) is 2.16. The Morgan fingerprint density at radius 2 is 2.12 bits per heavy atom. The molecule has 0 bridgehead atoms. The molecule has 88 valence electrons. The first-order chi connectivity index (χ1) is 7.36. The minimum atomic E-state index is -3.68. The van der Waals surface area contributed by atoms with Crippen molar-refractivity contribution in [3.8, 4) is 0 Å². The highest BCUT2D eigenvalue weighted by molar-refractivity contribution is 7.90. The van der Waals surface area contributed by atoms with Crippen LogP contribution in [0.2, 0.25) is 0 Å². The Balaban J connectivity index is 3.41. The van der Waals surface area contributed by atoms with Crippen LogP contribution >= 0.6 is 0 Å². The maximum atomic E-state index is 11.4. The number of sulfone groups is 1. The summed E-state index contributed by atoms with van der Waals surface area (Å²) in [6.45, 7) is 1.68. The predicted octanol–water partition coefficient (Wildman–Crippen LogP) is 0.220. The van der Waals surface area contributed by atoms with Gasteiger partial charge in [-0.3, -0.25) is 0 Å². The summed E-state index contributed by atoms with van der Waals surface area (Å²) in [7, 11) is -3.68. The van der Waals surface area contributed by atoms with Crippen LogP contribution in [0.4, 0.5) is 0 Å². The van der Waals surface area contributed by atoms with Crippen LogP contribution in [0.5, 0.6) is 0 Å². The summed E-state index contributed by atoms with van der Waals surface area (Å²) >= 11 is 0. The van der Waals surface area contributed by atoms with Crippen molar-refractivity contribution in [1.29, 1.82) is 0 Å². The van der Waals surface area contributed by atoms with Crippen molar-refractivity contribution >= 4 is 15.8 Å². The molecule has 0 N–H and O–H groups in total. The van der Waals surface area contributed by atoms with Crippen LogP contribution in [-0.2, 0) is 14.6 Å². The molecule has 1 rings (SSSR count). The molecule has 1 heterocycles. The number of esters is 1. The molecule has 6 nitrogen and oxygen atoms in total. The summed E-state index contributed by atoms with van der Waals surface area (Å²) in [4.78, 5) is 21.9. The summed E-state index contributed by atoms with van der Waals surface area (Å²) in [5, 5.41) is 0. The van der Waals surface area contributed by atoms with Crippen molar-refractivity contribution in [3.63, 3.8) is 0 Å². The highest BCUT2D eigenvalue weighted by atomic mass is 32.2. The lowest BCUT2D eigenvalue weighted by molar-refractivity contribution is 0.0518. The maximum Gasteiger partial charge on any atom is 0.342 e. The first kappa shape index (κ1) is 12.4. The fourth-order valence-corrected chi connectivity index (χ4v) is 1.90. The maximum absolute atomic E-state index is 11.4. The third kappa shape index (κ3) is 2.69. The van der Waals surface area contributed by atoms with Gasteiger partial charge >= 0.3 is 11.6 Å². The topological polar surface area (TPSA) is 90.7 Å². The molecule has 0 aliphatic rings. The molecule has 0 amide bonds. The fraction of sp³-hybridized carbons (Fsp3) is 0.333. The smallest absolute Gasteiger partial charge is 0.342 e. The minimum Gasteiger partial charge on any atom is -0.462 e. The van der Waals surface area contributed by atoms with E-state index in [1.807, 2.05) is 0 Å². The first-order valence-corrected chi connectivity index (χ1v) is 6.25. The van der Waals surface area contributed by atoms with Crippen LogP contribution in [0.1, 0.15) is 17.3 Å². The van der Waals surface area contributed by atoms with Crippen LogP contribution in [0.25, 0.3) is 0 Å². The number of hydrogen-bond donors (Lipinski definition) is 0. The van der Waals surface area contributed by atoms with Crippen LogP contribution < -0.4 is 5.63 Å². The zero-order valence-electron chi connectivity index (χ0n) is 8.72. The molecule has 16 heavy (non-hydrogen) atoms. The van der Waals surface area contributed by atoms with Crippen LogP contribution in [0.3, 0.4) is 0 Å².